The molecule has 216 valence electrons. The summed E-state index contributed by atoms with van der Waals surface area (Å²) in [6.07, 6.45) is 2.32. The second-order valence-corrected chi connectivity index (χ2v) is 10.3. The van der Waals surface area contributed by atoms with Gasteiger partial charge in [0.15, 0.2) is 6.10 Å². The van der Waals surface area contributed by atoms with Crippen LogP contribution in [0.4, 0.5) is 13.2 Å². The van der Waals surface area contributed by atoms with Gasteiger partial charge in [-0.1, -0.05) is 74.4 Å². The Kier molecular flexibility index (Phi) is 12.2. The highest BCUT2D eigenvalue weighted by atomic mass is 19.4. The average molecular weight is 556 g/mol. The van der Waals surface area contributed by atoms with Crippen molar-refractivity contribution in [3.05, 3.63) is 78.1 Å². The Hall–Kier alpha value is -3.19. The summed E-state index contributed by atoms with van der Waals surface area (Å²) in [4.78, 5) is 15.9. The van der Waals surface area contributed by atoms with Gasteiger partial charge < -0.3 is 9.84 Å². The van der Waals surface area contributed by atoms with Crippen LogP contribution in [0.1, 0.15) is 82.4 Å². The lowest BCUT2D eigenvalue weighted by Crippen LogP contribution is -2.28. The van der Waals surface area contributed by atoms with Crippen molar-refractivity contribution in [3.8, 4) is 22.3 Å². The maximum atomic E-state index is 12.8. The van der Waals surface area contributed by atoms with Crippen molar-refractivity contribution in [2.75, 3.05) is 6.61 Å². The standard InChI is InChI=1S/C33H40F3NO3/c1-3-4-6-15-29-19-17-28(23-37-29)31-22-27(18-20-30(31)26-11-7-5-8-12-26)25(13-9-16-32(38)39)14-10-21-40-24(2)33(34,35)36/h5,7-8,11-12,17-20,22-25H,3-4,6,9-10,13-16,21H2,1-2H3,(H,38,39). The molecule has 0 radical (unpaired) electrons. The van der Waals surface area contributed by atoms with Crippen LogP contribution in [-0.2, 0) is 16.0 Å². The average Bonchev–Trinajstić information content (AvgIpc) is 2.94. The highest BCUT2D eigenvalue weighted by Gasteiger charge is 2.36. The lowest BCUT2D eigenvalue weighted by molar-refractivity contribution is -0.214. The van der Waals surface area contributed by atoms with Gasteiger partial charge in [-0.05, 0) is 79.7 Å². The number of nitrogens with zero attached hydrogens (tertiary/aromatic N) is 1. The number of unbranched alkanes of at least 4 members (excludes halogenated alkanes) is 2. The Morgan fingerprint density at radius 1 is 0.925 bits per heavy atom. The minimum absolute atomic E-state index is 0.00548. The van der Waals surface area contributed by atoms with E-state index < -0.39 is 18.2 Å². The highest BCUT2D eigenvalue weighted by molar-refractivity contribution is 5.83. The maximum absolute atomic E-state index is 12.8. The largest absolute Gasteiger partial charge is 0.481 e. The molecular formula is C33H40F3NO3. The zero-order valence-electron chi connectivity index (χ0n) is 23.4. The number of halogens is 3. The van der Waals surface area contributed by atoms with Crippen LogP contribution < -0.4 is 0 Å². The number of aryl methyl sites for hydroxylation is 1. The smallest absolute Gasteiger partial charge is 0.414 e. The number of carboxylic acid groups (broad SMARTS) is 1. The molecule has 1 heterocycles. The molecule has 0 saturated heterocycles. The number of carboxylic acids is 1. The van der Waals surface area contributed by atoms with E-state index in [0.29, 0.717) is 25.7 Å². The fourth-order valence-electron chi connectivity index (χ4n) is 4.87. The van der Waals surface area contributed by atoms with Gasteiger partial charge in [-0.25, -0.2) is 0 Å². The molecule has 2 atom stereocenters. The third-order valence-corrected chi connectivity index (χ3v) is 7.24. The number of alkyl halides is 3. The first kappa shape index (κ1) is 31.3. The molecular weight excluding hydrogens is 515 g/mol. The number of benzene rings is 2. The second-order valence-electron chi connectivity index (χ2n) is 10.3. The molecule has 2 unspecified atom stereocenters. The van der Waals surface area contributed by atoms with E-state index in [0.717, 1.165) is 59.7 Å². The lowest BCUT2D eigenvalue weighted by Gasteiger charge is -2.21. The van der Waals surface area contributed by atoms with Gasteiger partial charge in [0, 0.05) is 30.5 Å². The topological polar surface area (TPSA) is 59.4 Å². The fourth-order valence-corrected chi connectivity index (χ4v) is 4.87. The molecule has 1 aromatic heterocycles. The van der Waals surface area contributed by atoms with Gasteiger partial charge in [0.1, 0.15) is 0 Å². The number of ether oxygens (including phenoxy) is 1. The van der Waals surface area contributed by atoms with Crippen molar-refractivity contribution < 1.29 is 27.8 Å². The summed E-state index contributed by atoms with van der Waals surface area (Å²) >= 11 is 0. The molecule has 1 N–H and O–H groups in total. The molecule has 0 fully saturated rings. The summed E-state index contributed by atoms with van der Waals surface area (Å²) < 4.78 is 43.6. The molecule has 0 aliphatic carbocycles. The summed E-state index contributed by atoms with van der Waals surface area (Å²) in [7, 11) is 0. The first-order valence-corrected chi connectivity index (χ1v) is 14.2. The first-order valence-electron chi connectivity index (χ1n) is 14.2. The van der Waals surface area contributed by atoms with Crippen LogP contribution in [0.15, 0.2) is 66.9 Å². The second kappa shape index (κ2) is 15.6. The number of aliphatic carboxylic acids is 1. The fraction of sp³-hybridized carbons (Fsp3) is 0.455. The molecule has 0 aliphatic heterocycles. The number of hydrogen-bond acceptors (Lipinski definition) is 3. The summed E-state index contributed by atoms with van der Waals surface area (Å²) in [5, 5.41) is 9.16. The van der Waals surface area contributed by atoms with E-state index in [9.17, 15) is 18.0 Å². The van der Waals surface area contributed by atoms with Crippen molar-refractivity contribution in [2.45, 2.75) is 89.8 Å². The minimum Gasteiger partial charge on any atom is -0.481 e. The molecule has 7 heteroatoms. The first-order chi connectivity index (χ1) is 19.2. The van der Waals surface area contributed by atoms with Gasteiger partial charge in [0.05, 0.1) is 0 Å². The zero-order chi connectivity index (χ0) is 29.0. The molecule has 0 amide bonds. The zero-order valence-corrected chi connectivity index (χ0v) is 23.4. The van der Waals surface area contributed by atoms with Crippen LogP contribution in [0.25, 0.3) is 22.3 Å². The molecule has 0 aliphatic rings. The summed E-state index contributed by atoms with van der Waals surface area (Å²) in [5.74, 6) is -0.861. The van der Waals surface area contributed by atoms with E-state index >= 15 is 0 Å². The number of aromatic nitrogens is 1. The molecule has 0 bridgehead atoms. The van der Waals surface area contributed by atoms with Crippen molar-refractivity contribution >= 4 is 5.97 Å². The maximum Gasteiger partial charge on any atom is 0.414 e. The third-order valence-electron chi connectivity index (χ3n) is 7.24. The van der Waals surface area contributed by atoms with Crippen LogP contribution in [0.3, 0.4) is 0 Å². The SMILES string of the molecule is CCCCCc1ccc(-c2cc(C(CCCOC(C)C(F)(F)F)CCCC(=O)O)ccc2-c2ccccc2)cn1. The van der Waals surface area contributed by atoms with Crippen molar-refractivity contribution in [2.24, 2.45) is 0 Å². The van der Waals surface area contributed by atoms with Crippen LogP contribution >= 0.6 is 0 Å². The summed E-state index contributed by atoms with van der Waals surface area (Å²) in [6.45, 7) is 3.19. The predicted octanol–water partition coefficient (Wildman–Crippen LogP) is 9.23. The van der Waals surface area contributed by atoms with Crippen LogP contribution in [0.5, 0.6) is 0 Å². The third kappa shape index (κ3) is 9.77. The normalized spacial score (nSPS) is 13.2. The van der Waals surface area contributed by atoms with Gasteiger partial charge in [-0.15, -0.1) is 0 Å². The van der Waals surface area contributed by atoms with Crippen LogP contribution in [0.2, 0.25) is 0 Å². The van der Waals surface area contributed by atoms with Gasteiger partial charge in [0.2, 0.25) is 0 Å². The molecule has 3 aromatic rings. The Bertz CT molecular complexity index is 1180. The predicted molar refractivity (Wildman–Crippen MR) is 153 cm³/mol. The molecule has 0 saturated carbocycles. The molecule has 40 heavy (non-hydrogen) atoms. The molecule has 4 nitrogen and oxygen atoms in total. The Labute approximate surface area is 235 Å². The molecule has 0 spiro atoms. The van der Waals surface area contributed by atoms with Crippen molar-refractivity contribution in [3.63, 3.8) is 0 Å². The van der Waals surface area contributed by atoms with Crippen LogP contribution in [0, 0.1) is 0 Å². The molecule has 2 aromatic carbocycles. The van der Waals surface area contributed by atoms with Gasteiger partial charge >= 0.3 is 12.1 Å². The van der Waals surface area contributed by atoms with Gasteiger partial charge in [-0.2, -0.15) is 13.2 Å². The van der Waals surface area contributed by atoms with E-state index in [1.165, 1.54) is 6.42 Å². The van der Waals surface area contributed by atoms with E-state index in [1.807, 2.05) is 24.4 Å². The lowest BCUT2D eigenvalue weighted by atomic mass is 9.85. The Morgan fingerprint density at radius 2 is 1.68 bits per heavy atom. The minimum atomic E-state index is -4.39. The van der Waals surface area contributed by atoms with E-state index in [1.54, 1.807) is 0 Å². The number of pyridine rings is 1. The number of hydrogen-bond donors (Lipinski definition) is 1. The van der Waals surface area contributed by atoms with E-state index in [4.69, 9.17) is 14.8 Å². The Balaban J connectivity index is 1.88. The van der Waals surface area contributed by atoms with Gasteiger partial charge in [-0.3, -0.25) is 9.78 Å². The summed E-state index contributed by atoms with van der Waals surface area (Å²) in [5.41, 5.74) is 6.27. The number of carbonyl (C=O) groups is 1. The number of rotatable bonds is 16. The monoisotopic (exact) mass is 555 g/mol. The van der Waals surface area contributed by atoms with E-state index in [2.05, 4.69) is 49.4 Å². The van der Waals surface area contributed by atoms with E-state index in [-0.39, 0.29) is 18.9 Å². The van der Waals surface area contributed by atoms with Crippen LogP contribution in [-0.4, -0.2) is 34.9 Å². The Morgan fingerprint density at radius 3 is 2.33 bits per heavy atom. The van der Waals surface area contributed by atoms with Gasteiger partial charge in [0.25, 0.3) is 0 Å². The van der Waals surface area contributed by atoms with Crippen molar-refractivity contribution in [1.29, 1.82) is 0 Å². The molecule has 3 rings (SSSR count). The van der Waals surface area contributed by atoms with Crippen molar-refractivity contribution in [1.82, 2.24) is 4.98 Å². The highest BCUT2D eigenvalue weighted by Crippen LogP contribution is 2.37. The quantitative estimate of drug-likeness (QED) is 0.179. The summed E-state index contributed by atoms with van der Waals surface area (Å²) in [6, 6.07) is 20.6.